The number of esters is 1. The summed E-state index contributed by atoms with van der Waals surface area (Å²) in [5.41, 5.74) is 35.1. The van der Waals surface area contributed by atoms with E-state index in [4.69, 9.17) is 34.6 Å². The number of nitro groups is 1. The predicted octanol–water partition coefficient (Wildman–Crippen LogP) is 16.5. The first-order valence-electron chi connectivity index (χ1n) is 33.1. The maximum absolute atomic E-state index is 12.8. The molecule has 0 spiro atoms. The van der Waals surface area contributed by atoms with Crippen molar-refractivity contribution < 1.29 is 37.9 Å². The van der Waals surface area contributed by atoms with E-state index in [9.17, 15) is 25.1 Å². The zero-order valence-electron chi connectivity index (χ0n) is 54.5. The Morgan fingerprint density at radius 3 is 1.22 bits per heavy atom. The number of azide groups is 3. The van der Waals surface area contributed by atoms with E-state index in [0.717, 1.165) is 142 Å². The molecule has 0 aliphatic carbocycles. The molecule has 6 aromatic heterocycles. The first-order chi connectivity index (χ1) is 49.4. The van der Waals surface area contributed by atoms with Crippen LogP contribution in [0.1, 0.15) is 46.3 Å². The molecule has 16 rings (SSSR count). The van der Waals surface area contributed by atoms with Gasteiger partial charge in [0.15, 0.2) is 0 Å². The Morgan fingerprint density at radius 1 is 0.485 bits per heavy atom. The van der Waals surface area contributed by atoms with Crippen LogP contribution in [0.4, 0.5) is 5.69 Å². The number of nitro benzene ring substituents is 1. The molecule has 3 fully saturated rings. The first-order valence-corrected chi connectivity index (χ1v) is 33.1. The minimum atomic E-state index is -0.668. The summed E-state index contributed by atoms with van der Waals surface area (Å²) in [7, 11) is 0. The summed E-state index contributed by atoms with van der Waals surface area (Å²) >= 11 is 0. The first kappa shape index (κ1) is 66.2. The van der Waals surface area contributed by atoms with E-state index in [2.05, 4.69) is 114 Å². The smallest absolute Gasteiger partial charge is 0.338 e. The molecule has 7 aromatic carbocycles. The summed E-state index contributed by atoms with van der Waals surface area (Å²) in [5, 5.41) is 52.1. The molecular weight excluding hydrogens is 1280 g/mol. The van der Waals surface area contributed by atoms with Gasteiger partial charge in [0.05, 0.1) is 40.8 Å². The second-order valence-electron chi connectivity index (χ2n) is 25.4. The molecule has 3 aliphatic rings. The van der Waals surface area contributed by atoms with Crippen molar-refractivity contribution in [3.63, 3.8) is 0 Å². The number of aliphatic hydroxyl groups is 2. The highest BCUT2D eigenvalue weighted by Crippen LogP contribution is 2.37. The Balaban J connectivity index is 0.000000131. The van der Waals surface area contributed by atoms with Crippen LogP contribution < -0.4 is 0 Å². The number of piperidine rings is 3. The van der Waals surface area contributed by atoms with Crippen LogP contribution in [-0.2, 0) is 24.4 Å². The number of nitrogens with zero attached hydrogens (tertiary/aromatic N) is 16. The number of aliphatic hydroxyl groups excluding tert-OH is 2. The van der Waals surface area contributed by atoms with Crippen LogP contribution in [0.2, 0.25) is 0 Å². The number of likely N-dealkylation sites (tertiary alicyclic amines) is 3. The lowest BCUT2D eigenvalue weighted by molar-refractivity contribution is -0.384. The third-order valence-corrected chi connectivity index (χ3v) is 18.8. The fourth-order valence-electron chi connectivity index (χ4n) is 13.6. The molecule has 3 aliphatic heterocycles. The van der Waals surface area contributed by atoms with Gasteiger partial charge in [0.25, 0.3) is 5.69 Å². The molecule has 6 atom stereocenters. The number of aromatic nitrogens is 3. The van der Waals surface area contributed by atoms with Gasteiger partial charge >= 0.3 is 5.97 Å². The number of hydrogen-bond donors (Lipinski definition) is 2. The van der Waals surface area contributed by atoms with Gasteiger partial charge in [-0.1, -0.05) is 106 Å². The van der Waals surface area contributed by atoms with Gasteiger partial charge in [-0.15, -0.1) is 0 Å². The van der Waals surface area contributed by atoms with Crippen molar-refractivity contribution in [3.05, 3.63) is 271 Å². The monoisotopic (exact) mass is 1350 g/mol. The Kier molecular flexibility index (Phi) is 19.7. The number of β-amino-alcohol motifs (C(OH)–C–C–N with tert-alkyl or cyclic N) is 2. The van der Waals surface area contributed by atoms with E-state index in [0.29, 0.717) is 52.0 Å². The lowest BCUT2D eigenvalue weighted by Crippen LogP contribution is -2.47. The molecule has 0 amide bonds. The highest BCUT2D eigenvalue weighted by Gasteiger charge is 2.33. The Morgan fingerprint density at radius 2 is 0.851 bits per heavy atom. The number of carbonyl (C=O) groups excluding carboxylic acids is 1. The normalized spacial score (nSPS) is 18.8. The molecule has 13 aromatic rings. The van der Waals surface area contributed by atoms with Crippen molar-refractivity contribution in [1.29, 1.82) is 0 Å². The number of hydrogen-bond acceptors (Lipinski definition) is 18. The molecule has 9 heterocycles. The average molecular weight is 1350 g/mol. The summed E-state index contributed by atoms with van der Waals surface area (Å²) < 4.78 is 24.0. The van der Waals surface area contributed by atoms with E-state index in [1.807, 2.05) is 128 Å². The van der Waals surface area contributed by atoms with Crippen LogP contribution in [0.25, 0.3) is 131 Å². The summed E-state index contributed by atoms with van der Waals surface area (Å²) in [4.78, 5) is 51.6. The van der Waals surface area contributed by atoms with Crippen molar-refractivity contribution in [1.82, 2.24) is 29.7 Å². The van der Waals surface area contributed by atoms with Gasteiger partial charge in [-0.2, -0.15) is 0 Å². The number of non-ortho nitro benzene ring substituents is 1. The molecule has 101 heavy (non-hydrogen) atoms. The van der Waals surface area contributed by atoms with Crippen LogP contribution in [0.15, 0.2) is 236 Å². The SMILES string of the molecule is [N-]=[N+]=N[C@@H]1CCN(Cc2ccc3cncc(-c4cc5ccccc5o4)c3c2)C[C@@H]1O.[N-]=[N+]=N[C@@H]1CCN(Cc2ccc3cncc(-c4cc5ccccc5o4)c3c2)C[C@@H]1OC(=O)c1ccc([N+](=O)[O-])cc1.[N-]=[N+]=N[C@@H]1CCN(Cc2ccc3cncc(-c4cc5ccccc5o4)c3c2)C[C@H]1O. The standard InChI is InChI=1S/C30H24N6O5.2C23H21N5O2/c31-34-33-26-11-12-35(18-29(26)41-30(37)20-7-9-23(10-8-20)36(38)39)17-19-5-6-22-15-32-16-25(24(22)13-19)28-14-21-3-1-2-4-27(21)40-28;2*24-27-26-20-7-8-28(14-21(20)29)13-15-5-6-17-11-25-12-19(18(17)9-15)23-10-16-3-1-2-4-22(16)30-23/h1-10,13-16,26,29H,11-12,17-18H2;2*1-6,9-12,20-21,29H,7-8,13-14H2/t26-,29+;20-,21+;20-,21-/m111/s1. The maximum atomic E-state index is 12.8. The minimum Gasteiger partial charge on any atom is -0.457 e. The van der Waals surface area contributed by atoms with E-state index in [1.165, 1.54) is 24.3 Å². The maximum Gasteiger partial charge on any atom is 0.338 e. The van der Waals surface area contributed by atoms with Crippen molar-refractivity contribution in [2.24, 2.45) is 15.3 Å². The van der Waals surface area contributed by atoms with Gasteiger partial charge in [-0.05, 0) is 155 Å². The van der Waals surface area contributed by atoms with Gasteiger partial charge in [0, 0.05) is 152 Å². The molecule has 3 saturated heterocycles. The number of furan rings is 3. The van der Waals surface area contributed by atoms with Crippen molar-refractivity contribution >= 4 is 76.9 Å². The summed E-state index contributed by atoms with van der Waals surface area (Å²) in [6.45, 7) is 5.61. The number of para-hydroxylation sites is 3. The second-order valence-corrected chi connectivity index (χ2v) is 25.4. The molecule has 2 N–H and O–H groups in total. The molecule has 0 bridgehead atoms. The van der Waals surface area contributed by atoms with Crippen molar-refractivity contribution in [3.8, 4) is 34.0 Å². The van der Waals surface area contributed by atoms with Gasteiger partial charge in [-0.3, -0.25) is 39.8 Å². The van der Waals surface area contributed by atoms with E-state index >= 15 is 0 Å². The van der Waals surface area contributed by atoms with E-state index in [1.54, 1.807) is 0 Å². The molecule has 0 unspecified atom stereocenters. The Bertz CT molecular complexity index is 5080. The number of ether oxygens (including phenoxy) is 1. The molecule has 25 nitrogen and oxygen atoms in total. The fraction of sp³-hybridized carbons (Fsp3) is 0.237. The van der Waals surface area contributed by atoms with Gasteiger partial charge < -0.3 is 28.2 Å². The average Bonchev–Trinajstić information content (AvgIpc) is 1.78. The highest BCUT2D eigenvalue weighted by atomic mass is 16.6. The van der Waals surface area contributed by atoms with Gasteiger partial charge in [-0.25, -0.2) is 4.79 Å². The van der Waals surface area contributed by atoms with Crippen LogP contribution in [0.5, 0.6) is 0 Å². The second kappa shape index (κ2) is 30.0. The van der Waals surface area contributed by atoms with Gasteiger partial charge in [0.1, 0.15) is 40.1 Å². The number of carbonyl (C=O) groups is 1. The lowest BCUT2D eigenvalue weighted by atomic mass is 10.00. The minimum absolute atomic E-state index is 0.119. The summed E-state index contributed by atoms with van der Waals surface area (Å²) in [5.74, 6) is 1.72. The zero-order valence-corrected chi connectivity index (χ0v) is 54.5. The summed E-state index contributed by atoms with van der Waals surface area (Å²) in [6.07, 6.45) is 10.9. The highest BCUT2D eigenvalue weighted by molar-refractivity contribution is 6.00. The Hall–Kier alpha value is -12.0. The number of rotatable bonds is 15. The largest absolute Gasteiger partial charge is 0.457 e. The third kappa shape index (κ3) is 15.0. The summed E-state index contributed by atoms with van der Waals surface area (Å²) in [6, 6.07) is 52.8. The zero-order chi connectivity index (χ0) is 69.3. The molecule has 504 valence electrons. The molecule has 25 heteroatoms. The third-order valence-electron chi connectivity index (χ3n) is 18.8. The van der Waals surface area contributed by atoms with Crippen LogP contribution >= 0.6 is 0 Å². The van der Waals surface area contributed by atoms with Crippen molar-refractivity contribution in [2.75, 3.05) is 39.3 Å². The molecular formula is C76H66N16O9. The number of benzene rings is 7. The lowest BCUT2D eigenvalue weighted by Gasteiger charge is -2.36. The van der Waals surface area contributed by atoms with Crippen LogP contribution in [-0.4, -0.2) is 126 Å². The van der Waals surface area contributed by atoms with E-state index in [-0.39, 0.29) is 23.3 Å². The van der Waals surface area contributed by atoms with E-state index < -0.39 is 35.2 Å². The van der Waals surface area contributed by atoms with Crippen LogP contribution in [0.3, 0.4) is 0 Å². The predicted molar refractivity (Wildman–Crippen MR) is 384 cm³/mol. The molecule has 0 radical (unpaired) electrons. The Labute approximate surface area is 576 Å². The van der Waals surface area contributed by atoms with Crippen molar-refractivity contribution in [2.45, 2.75) is 75.3 Å². The number of fused-ring (bicyclic) bond motifs is 6. The fourth-order valence-corrected chi connectivity index (χ4v) is 13.6. The van der Waals surface area contributed by atoms with Gasteiger partial charge in [0.2, 0.25) is 0 Å². The number of pyridine rings is 3. The van der Waals surface area contributed by atoms with Crippen LogP contribution in [0, 0.1) is 10.1 Å². The topological polar surface area (TPSA) is 344 Å². The molecule has 0 saturated carbocycles. The quantitative estimate of drug-likeness (QED) is 0.0240.